The molecule has 4 saturated heterocycles. The number of aryl methyl sites for hydroxylation is 8. The summed E-state index contributed by atoms with van der Waals surface area (Å²) in [7, 11) is 1.83. The molecule has 8 heterocycles. The molecule has 6 aliphatic heterocycles. The van der Waals surface area contributed by atoms with Crippen LogP contribution in [0.5, 0.6) is 46.0 Å². The lowest BCUT2D eigenvalue weighted by Crippen LogP contribution is -2.58. The van der Waals surface area contributed by atoms with E-state index < -0.39 is 53.6 Å². The highest BCUT2D eigenvalue weighted by Gasteiger charge is 2.51. The number of carbonyl (C=O) groups is 6. The smallest absolute Gasteiger partial charge is 0.262 e. The van der Waals surface area contributed by atoms with E-state index >= 15 is 28.8 Å². The maximum atomic E-state index is 18.0. The van der Waals surface area contributed by atoms with Gasteiger partial charge in [0, 0.05) is 142 Å². The molecule has 0 bridgehead atoms. The lowest BCUT2D eigenvalue weighted by atomic mass is 9.80. The van der Waals surface area contributed by atoms with Gasteiger partial charge in [0.05, 0.1) is 73.1 Å². The first-order valence-electron chi connectivity index (χ1n) is 50.0. The molecule has 8 aliphatic rings. The van der Waals surface area contributed by atoms with Gasteiger partial charge in [0.15, 0.2) is 0 Å². The molecular formula is C119H112N6O16. The lowest BCUT2D eigenvalue weighted by molar-refractivity contribution is -0.137. The van der Waals surface area contributed by atoms with E-state index in [9.17, 15) is 0 Å². The Hall–Kier alpha value is -13.8. The number of rotatable bonds is 31. The van der Waals surface area contributed by atoms with Gasteiger partial charge in [-0.05, 0) is 212 Å². The predicted molar refractivity (Wildman–Crippen MR) is 545 cm³/mol. The molecule has 22 heteroatoms. The minimum Gasteiger partial charge on any atom is -0.456 e. The zero-order valence-electron chi connectivity index (χ0n) is 80.8. The first-order valence-corrected chi connectivity index (χ1v) is 50.0. The zero-order valence-corrected chi connectivity index (χ0v) is 80.8. The Kier molecular flexibility index (Phi) is 22.9. The number of hydrogen-bond acceptors (Lipinski definition) is 18. The van der Waals surface area contributed by atoms with Gasteiger partial charge >= 0.3 is 0 Å². The van der Waals surface area contributed by atoms with Crippen molar-refractivity contribution in [2.75, 3.05) is 77.6 Å². The second-order valence-corrected chi connectivity index (χ2v) is 41.0. The number of likely N-dealkylation sites (N-methyl/N-ethyl adjacent to an activating group) is 1. The van der Waals surface area contributed by atoms with Crippen LogP contribution in [-0.4, -0.2) is 181 Å². The minimum absolute atomic E-state index is 0.0198. The number of nitrogens with zero attached hydrogens (tertiary/aromatic N) is 6. The summed E-state index contributed by atoms with van der Waals surface area (Å²) in [5.74, 6) is -1.55. The Morgan fingerprint density at radius 3 is 1.04 bits per heavy atom. The fourth-order valence-corrected chi connectivity index (χ4v) is 23.6. The lowest BCUT2D eigenvalue weighted by Gasteiger charge is -2.42. The van der Waals surface area contributed by atoms with Crippen molar-refractivity contribution < 1.29 is 75.5 Å². The molecule has 714 valence electrons. The number of fused-ring (bicyclic) bond motifs is 8. The summed E-state index contributed by atoms with van der Waals surface area (Å²) in [5.41, 5.74) is 11.0. The number of furan rings is 2. The van der Waals surface area contributed by atoms with Crippen molar-refractivity contribution in [1.29, 1.82) is 0 Å². The number of benzene rings is 14. The quantitative estimate of drug-likeness (QED) is 0.0170. The van der Waals surface area contributed by atoms with Crippen LogP contribution in [0.4, 0.5) is 5.69 Å². The number of anilines is 1. The molecule has 6 amide bonds. The molecule has 0 spiro atoms. The first-order chi connectivity index (χ1) is 68.5. The number of para-hydroxylation sites is 5. The van der Waals surface area contributed by atoms with E-state index in [1.165, 1.54) is 9.80 Å². The fourth-order valence-electron chi connectivity index (χ4n) is 23.6. The average Bonchev–Trinajstić information content (AvgIpc) is 1.66. The number of ether oxygens (including phenoxy) is 8. The SMILES string of the molecule is Cc1ccc(Oc2cc3c4c(cc(Oc5ccc(C)cc5C)c5c6c(Oc7ccc(C)cc7C)cc7c8c(cc(Oc9ccc(C)cc9C)c(c2c45)c86)C(=O)N(C(Cc2cccc4c2oc2ccccc24)C(=O)N(c2ccccc2)C2CCCC(CN(CC4CO4)CC4CO4)C2)C7=O)C(=O)N(C(Cc2cccc4c2oc2ccccc24)C(=O)N(C)C2CCCC(CN(CC4CO4)CC4CO4)C2)C3=O)c(C)c1. The molecule has 2 aliphatic carbocycles. The summed E-state index contributed by atoms with van der Waals surface area (Å²) in [6, 6.07) is 63.4. The van der Waals surface area contributed by atoms with Crippen molar-refractivity contribution in [2.45, 2.75) is 168 Å². The van der Waals surface area contributed by atoms with Gasteiger partial charge in [-0.1, -0.05) is 175 Å². The highest BCUT2D eigenvalue weighted by atomic mass is 16.6. The van der Waals surface area contributed by atoms with E-state index in [-0.39, 0.29) is 111 Å². The largest absolute Gasteiger partial charge is 0.456 e. The van der Waals surface area contributed by atoms with E-state index in [1.807, 2.05) is 255 Å². The Balaban J connectivity index is 0.751. The first kappa shape index (κ1) is 89.8. The summed E-state index contributed by atoms with van der Waals surface area (Å²) in [6.07, 6.45) is 6.53. The Bertz CT molecular complexity index is 7550. The van der Waals surface area contributed by atoms with Crippen LogP contribution in [0.3, 0.4) is 0 Å². The molecule has 2 saturated carbocycles. The normalized spacial score (nSPS) is 20.3. The third kappa shape index (κ3) is 16.8. The molecular weight excluding hydrogens is 1770 g/mol. The van der Waals surface area contributed by atoms with Crippen LogP contribution in [0.1, 0.15) is 148 Å². The molecule has 2 aromatic heterocycles. The number of amides is 6. The molecule has 22 nitrogen and oxygen atoms in total. The van der Waals surface area contributed by atoms with Crippen LogP contribution in [0.2, 0.25) is 0 Å². The van der Waals surface area contributed by atoms with Crippen LogP contribution in [-0.2, 0) is 41.4 Å². The van der Waals surface area contributed by atoms with Gasteiger partial charge in [-0.3, -0.25) is 48.4 Å². The van der Waals surface area contributed by atoms with E-state index in [0.717, 1.165) is 144 Å². The minimum atomic E-state index is -1.57. The van der Waals surface area contributed by atoms with Crippen molar-refractivity contribution in [3.63, 3.8) is 0 Å². The van der Waals surface area contributed by atoms with Crippen LogP contribution in [0.25, 0.3) is 87.0 Å². The Morgan fingerprint density at radius 1 is 0.348 bits per heavy atom. The van der Waals surface area contributed by atoms with Crippen molar-refractivity contribution in [1.82, 2.24) is 24.5 Å². The maximum Gasteiger partial charge on any atom is 0.262 e. The second kappa shape index (κ2) is 36.0. The van der Waals surface area contributed by atoms with Gasteiger partial charge in [-0.25, -0.2) is 0 Å². The van der Waals surface area contributed by atoms with Gasteiger partial charge in [0.25, 0.3) is 29.5 Å². The molecule has 10 unspecified atom stereocenters. The molecule has 6 fully saturated rings. The summed E-state index contributed by atoms with van der Waals surface area (Å²) in [5, 5.41) is 5.60. The van der Waals surface area contributed by atoms with Crippen LogP contribution in [0, 0.1) is 67.2 Å². The summed E-state index contributed by atoms with van der Waals surface area (Å²) < 4.78 is 67.9. The Morgan fingerprint density at radius 2 is 0.681 bits per heavy atom. The highest BCUT2D eigenvalue weighted by Crippen LogP contribution is 2.60. The van der Waals surface area contributed by atoms with Crippen LogP contribution < -0.4 is 23.8 Å². The molecule has 16 aromatic rings. The average molecular weight is 1880 g/mol. The van der Waals surface area contributed by atoms with Gasteiger partial charge in [-0.15, -0.1) is 0 Å². The van der Waals surface area contributed by atoms with E-state index in [0.29, 0.717) is 133 Å². The molecule has 0 radical (unpaired) electrons. The number of hydrogen-bond donors (Lipinski definition) is 0. The monoisotopic (exact) mass is 1880 g/mol. The second-order valence-electron chi connectivity index (χ2n) is 41.0. The van der Waals surface area contributed by atoms with Gasteiger partial charge in [0.2, 0.25) is 5.91 Å². The summed E-state index contributed by atoms with van der Waals surface area (Å²) in [6.45, 7) is 23.4. The van der Waals surface area contributed by atoms with Crippen LogP contribution in [0.15, 0.2) is 221 Å². The molecule has 0 N–H and O–H groups in total. The zero-order chi connectivity index (χ0) is 96.2. The molecule has 10 atom stereocenters. The Labute approximate surface area is 817 Å². The third-order valence-corrected chi connectivity index (χ3v) is 30.7. The van der Waals surface area contributed by atoms with Crippen molar-refractivity contribution in [2.24, 2.45) is 11.8 Å². The number of imide groups is 2. The van der Waals surface area contributed by atoms with Crippen LogP contribution >= 0.6 is 0 Å². The van der Waals surface area contributed by atoms with Gasteiger partial charge in [0.1, 0.15) is 80.4 Å². The van der Waals surface area contributed by atoms with E-state index in [4.69, 9.17) is 46.7 Å². The summed E-state index contributed by atoms with van der Waals surface area (Å²) in [4.78, 5) is 117. The molecule has 24 rings (SSSR count). The standard InChI is InChI=1S/C119H112N6O16/c1-65-35-39-94(69(5)43-65)136-100-51-88-104-89(115(127)124(114(88)126)92(49-75-23-19-31-86-84-29-13-15-33-98(84)140-112(75)86)118(130)120(9)78-27-17-21-73(47-78)55-121(57-80-61-132-80)58-81-62-133-81)52-101(137-95-40-36-66(2)44-70(95)6)107-109-103(139-97-42-38-68(4)46-72(97)8)54-91-105-90(53-102(108(111(105)109)106(100)110(104)107)138-96-41-37-67(3)45-71(96)7)116(128)125(117(91)129)93(50-76-24-20-32-87-85-30-14-16-34-99(85)141-113(76)87)119(131)123(77-25-11-10-12-26-77)79-28-18-22-74(48-79)56-122(59-82-63-134-82)60-83-64-135-83/h10-16,19-20,23-26,29-46,51-54,73-74,78-83,92-93H,17-18,21-22,27-28,47-50,55-64H2,1-9H3. The fraction of sp³-hybridized carbons (Fsp3) is 0.328. The topological polar surface area (TPSA) is 235 Å². The van der Waals surface area contributed by atoms with Crippen molar-refractivity contribution in [3.05, 3.63) is 290 Å². The maximum absolute atomic E-state index is 18.0. The van der Waals surface area contributed by atoms with Crippen molar-refractivity contribution >= 4 is 128 Å². The highest BCUT2D eigenvalue weighted by molar-refractivity contribution is 6.45. The van der Waals surface area contributed by atoms with Gasteiger partial charge in [-0.2, -0.15) is 0 Å². The number of carbonyl (C=O) groups excluding carboxylic acids is 6. The number of epoxide rings is 4. The summed E-state index contributed by atoms with van der Waals surface area (Å²) >= 11 is 0. The van der Waals surface area contributed by atoms with Gasteiger partial charge < -0.3 is 56.5 Å². The van der Waals surface area contributed by atoms with E-state index in [1.54, 1.807) is 29.2 Å². The van der Waals surface area contributed by atoms with E-state index in [2.05, 4.69) is 9.80 Å². The third-order valence-electron chi connectivity index (χ3n) is 30.7. The predicted octanol–water partition coefficient (Wildman–Crippen LogP) is 23.4. The molecule has 14 aromatic carbocycles. The van der Waals surface area contributed by atoms with Crippen molar-refractivity contribution in [3.8, 4) is 46.0 Å². The molecule has 141 heavy (non-hydrogen) atoms.